The van der Waals surface area contributed by atoms with Crippen LogP contribution in [-0.2, 0) is 16.1 Å². The van der Waals surface area contributed by atoms with E-state index in [2.05, 4.69) is 5.32 Å². The number of hydrogen-bond donors (Lipinski definition) is 1. The first-order valence-corrected chi connectivity index (χ1v) is 13.4. The summed E-state index contributed by atoms with van der Waals surface area (Å²) in [4.78, 5) is 43.2. The molecule has 1 heterocycles. The van der Waals surface area contributed by atoms with Gasteiger partial charge in [0.05, 0.1) is 5.69 Å². The van der Waals surface area contributed by atoms with Crippen LogP contribution in [0.5, 0.6) is 0 Å². The number of nitrogens with zero attached hydrogens (tertiary/aromatic N) is 2. The highest BCUT2D eigenvalue weighted by atomic mass is 16.2. The molecule has 0 radical (unpaired) electrons. The standard InChI is InChI=1S/C31H35N3O3/c1-21-15-17-23(18-16-21)20-34(22(2)30(36)32-25-10-3-4-11-25)28(35)14-7-19-33-27-13-6-9-24-8-5-12-26(29(24)27)31(33)37/h5-6,8-9,12-13,15-18,22,25H,3-4,7,10-11,14,19-20H2,1-2H3,(H,32,36). The minimum absolute atomic E-state index is 0.0138. The summed E-state index contributed by atoms with van der Waals surface area (Å²) in [7, 11) is 0. The summed E-state index contributed by atoms with van der Waals surface area (Å²) in [6.07, 6.45) is 5.07. The number of amides is 3. The smallest absolute Gasteiger partial charge is 0.258 e. The maximum Gasteiger partial charge on any atom is 0.258 e. The molecule has 1 aliphatic carbocycles. The fourth-order valence-corrected chi connectivity index (χ4v) is 5.60. The van der Waals surface area contributed by atoms with Crippen molar-refractivity contribution in [3.05, 3.63) is 77.4 Å². The Morgan fingerprint density at radius 2 is 1.73 bits per heavy atom. The number of carbonyl (C=O) groups excluding carboxylic acids is 3. The van der Waals surface area contributed by atoms with E-state index in [9.17, 15) is 14.4 Å². The Bertz CT molecular complexity index is 1310. The number of aryl methyl sites for hydroxylation is 1. The summed E-state index contributed by atoms with van der Waals surface area (Å²) in [6.45, 7) is 4.69. The van der Waals surface area contributed by atoms with E-state index in [-0.39, 0.29) is 30.2 Å². The first-order chi connectivity index (χ1) is 17.9. The molecule has 1 aliphatic heterocycles. The molecule has 5 rings (SSSR count). The van der Waals surface area contributed by atoms with Crippen LogP contribution in [0.3, 0.4) is 0 Å². The average Bonchev–Trinajstić information content (AvgIpc) is 3.51. The van der Waals surface area contributed by atoms with E-state index in [1.807, 2.05) is 74.5 Å². The highest BCUT2D eigenvalue weighted by Crippen LogP contribution is 2.37. The van der Waals surface area contributed by atoms with E-state index in [0.717, 1.165) is 58.8 Å². The van der Waals surface area contributed by atoms with Crippen LogP contribution in [0.4, 0.5) is 5.69 Å². The van der Waals surface area contributed by atoms with Gasteiger partial charge in [-0.3, -0.25) is 14.4 Å². The highest BCUT2D eigenvalue weighted by Gasteiger charge is 2.31. The molecule has 192 valence electrons. The fourth-order valence-electron chi connectivity index (χ4n) is 5.60. The molecular weight excluding hydrogens is 462 g/mol. The second kappa shape index (κ2) is 10.8. The van der Waals surface area contributed by atoms with Crippen LogP contribution in [0.2, 0.25) is 0 Å². The van der Waals surface area contributed by atoms with Crippen LogP contribution in [0.25, 0.3) is 10.8 Å². The molecule has 6 heteroatoms. The van der Waals surface area contributed by atoms with E-state index < -0.39 is 6.04 Å². The number of anilines is 1. The third-order valence-corrected chi connectivity index (χ3v) is 7.76. The van der Waals surface area contributed by atoms with Crippen LogP contribution in [0, 0.1) is 6.92 Å². The van der Waals surface area contributed by atoms with Crippen LogP contribution in [0.1, 0.15) is 66.9 Å². The van der Waals surface area contributed by atoms with E-state index in [4.69, 9.17) is 0 Å². The van der Waals surface area contributed by atoms with Crippen molar-refractivity contribution in [2.24, 2.45) is 0 Å². The fraction of sp³-hybridized carbons (Fsp3) is 0.387. The van der Waals surface area contributed by atoms with E-state index in [0.29, 0.717) is 19.5 Å². The second-order valence-corrected chi connectivity index (χ2v) is 10.4. The third-order valence-electron chi connectivity index (χ3n) is 7.76. The van der Waals surface area contributed by atoms with Gasteiger partial charge in [-0.15, -0.1) is 0 Å². The van der Waals surface area contributed by atoms with Crippen molar-refractivity contribution in [1.29, 1.82) is 0 Å². The molecule has 0 saturated heterocycles. The number of carbonyl (C=O) groups is 3. The summed E-state index contributed by atoms with van der Waals surface area (Å²) in [5, 5.41) is 5.19. The summed E-state index contributed by atoms with van der Waals surface area (Å²) < 4.78 is 0. The van der Waals surface area contributed by atoms with Gasteiger partial charge in [-0.25, -0.2) is 0 Å². The van der Waals surface area contributed by atoms with Crippen molar-refractivity contribution < 1.29 is 14.4 Å². The summed E-state index contributed by atoms with van der Waals surface area (Å²) >= 11 is 0. The molecule has 0 bridgehead atoms. The normalized spacial score (nSPS) is 15.8. The zero-order chi connectivity index (χ0) is 25.9. The molecule has 1 fully saturated rings. The maximum absolute atomic E-state index is 13.5. The Kier molecular flexibility index (Phi) is 7.26. The maximum atomic E-state index is 13.5. The molecule has 0 aromatic heterocycles. The van der Waals surface area contributed by atoms with Gasteiger partial charge in [0.15, 0.2) is 0 Å². The Morgan fingerprint density at radius 3 is 2.46 bits per heavy atom. The van der Waals surface area contributed by atoms with Crippen molar-refractivity contribution in [3.8, 4) is 0 Å². The van der Waals surface area contributed by atoms with Gasteiger partial charge in [-0.05, 0) is 56.2 Å². The molecule has 1 atom stereocenters. The zero-order valence-electron chi connectivity index (χ0n) is 21.7. The van der Waals surface area contributed by atoms with Gasteiger partial charge in [0.25, 0.3) is 5.91 Å². The molecule has 3 aromatic rings. The van der Waals surface area contributed by atoms with Gasteiger partial charge >= 0.3 is 0 Å². The highest BCUT2D eigenvalue weighted by molar-refractivity contribution is 6.25. The molecule has 1 saturated carbocycles. The van der Waals surface area contributed by atoms with E-state index in [1.54, 1.807) is 9.80 Å². The zero-order valence-corrected chi connectivity index (χ0v) is 21.7. The van der Waals surface area contributed by atoms with Crippen molar-refractivity contribution in [2.45, 2.75) is 71.0 Å². The van der Waals surface area contributed by atoms with Crippen LogP contribution < -0.4 is 10.2 Å². The molecule has 1 N–H and O–H groups in total. The SMILES string of the molecule is Cc1ccc(CN(C(=O)CCCN2C(=O)c3cccc4cccc2c34)C(C)C(=O)NC2CCCC2)cc1. The summed E-state index contributed by atoms with van der Waals surface area (Å²) in [6, 6.07) is 19.5. The summed E-state index contributed by atoms with van der Waals surface area (Å²) in [5.41, 5.74) is 3.78. The Hall–Kier alpha value is -3.67. The lowest BCUT2D eigenvalue weighted by Gasteiger charge is -2.30. The molecule has 2 aliphatic rings. The second-order valence-electron chi connectivity index (χ2n) is 10.4. The molecule has 37 heavy (non-hydrogen) atoms. The van der Waals surface area contributed by atoms with Gasteiger partial charge in [0, 0.05) is 36.5 Å². The van der Waals surface area contributed by atoms with E-state index >= 15 is 0 Å². The number of nitrogens with one attached hydrogen (secondary N) is 1. The lowest BCUT2D eigenvalue weighted by atomic mass is 10.1. The Morgan fingerprint density at radius 1 is 1.03 bits per heavy atom. The Labute approximate surface area is 218 Å². The van der Waals surface area contributed by atoms with Gasteiger partial charge in [-0.1, -0.05) is 66.9 Å². The topological polar surface area (TPSA) is 69.7 Å². The largest absolute Gasteiger partial charge is 0.352 e. The number of benzene rings is 3. The average molecular weight is 498 g/mol. The molecular formula is C31H35N3O3. The van der Waals surface area contributed by atoms with Crippen LogP contribution >= 0.6 is 0 Å². The monoisotopic (exact) mass is 497 g/mol. The molecule has 3 amide bonds. The van der Waals surface area contributed by atoms with E-state index in [1.165, 1.54) is 0 Å². The first-order valence-electron chi connectivity index (χ1n) is 13.4. The minimum atomic E-state index is -0.569. The van der Waals surface area contributed by atoms with Gasteiger partial charge in [0.1, 0.15) is 6.04 Å². The number of hydrogen-bond acceptors (Lipinski definition) is 3. The van der Waals surface area contributed by atoms with Crippen molar-refractivity contribution in [1.82, 2.24) is 10.2 Å². The lowest BCUT2D eigenvalue weighted by Crippen LogP contribution is -2.49. The first kappa shape index (κ1) is 25.0. The lowest BCUT2D eigenvalue weighted by molar-refractivity contribution is -0.141. The van der Waals surface area contributed by atoms with Crippen molar-refractivity contribution in [3.63, 3.8) is 0 Å². The Balaban J connectivity index is 1.27. The number of rotatable bonds is 9. The molecule has 3 aromatic carbocycles. The van der Waals surface area contributed by atoms with Crippen LogP contribution in [0.15, 0.2) is 60.7 Å². The minimum Gasteiger partial charge on any atom is -0.352 e. The van der Waals surface area contributed by atoms with Gasteiger partial charge < -0.3 is 15.1 Å². The van der Waals surface area contributed by atoms with Gasteiger partial charge in [0.2, 0.25) is 11.8 Å². The molecule has 0 spiro atoms. The molecule has 6 nitrogen and oxygen atoms in total. The quantitative estimate of drug-likeness (QED) is 0.432. The molecule has 1 unspecified atom stereocenters. The van der Waals surface area contributed by atoms with Crippen LogP contribution in [-0.4, -0.2) is 41.2 Å². The third kappa shape index (κ3) is 5.24. The predicted octanol–water partition coefficient (Wildman–Crippen LogP) is 5.36. The van der Waals surface area contributed by atoms with Gasteiger partial charge in [-0.2, -0.15) is 0 Å². The summed E-state index contributed by atoms with van der Waals surface area (Å²) in [5.74, 6) is -0.179. The van der Waals surface area contributed by atoms with Crippen molar-refractivity contribution in [2.75, 3.05) is 11.4 Å². The van der Waals surface area contributed by atoms with Crippen molar-refractivity contribution >= 4 is 34.2 Å². The predicted molar refractivity (Wildman–Crippen MR) is 146 cm³/mol.